The average Bonchev–Trinajstić information content (AvgIpc) is 2.71. The smallest absolute Gasteiger partial charge is 0.185 e. The van der Waals surface area contributed by atoms with Crippen LogP contribution < -0.4 is 10.2 Å². The first-order chi connectivity index (χ1) is 7.70. The maximum absolute atomic E-state index is 4.67. The zero-order valence-corrected chi connectivity index (χ0v) is 11.2. The van der Waals surface area contributed by atoms with E-state index in [1.807, 2.05) is 7.05 Å². The molecule has 90 valence electrons. The van der Waals surface area contributed by atoms with Crippen LogP contribution in [0.1, 0.15) is 26.0 Å². The number of nitrogens with one attached hydrogen (secondary N) is 1. The minimum atomic E-state index is 0.783. The lowest BCUT2D eigenvalue weighted by atomic mass is 9.89. The topological polar surface area (TPSA) is 28.2 Å². The van der Waals surface area contributed by atoms with Crippen LogP contribution in [0.5, 0.6) is 0 Å². The van der Waals surface area contributed by atoms with Gasteiger partial charge in [0.05, 0.1) is 5.69 Å². The van der Waals surface area contributed by atoms with Gasteiger partial charge in [0.25, 0.3) is 0 Å². The third-order valence-corrected chi connectivity index (χ3v) is 4.45. The Hall–Kier alpha value is -0.610. The number of thiazole rings is 1. The first-order valence-corrected chi connectivity index (χ1v) is 6.92. The van der Waals surface area contributed by atoms with Gasteiger partial charge in [0.2, 0.25) is 0 Å². The summed E-state index contributed by atoms with van der Waals surface area (Å²) in [4.78, 5) is 7.10. The van der Waals surface area contributed by atoms with Crippen LogP contribution in [-0.4, -0.2) is 25.1 Å². The second kappa shape index (κ2) is 5.15. The monoisotopic (exact) mass is 239 g/mol. The molecule has 0 spiro atoms. The first-order valence-electron chi connectivity index (χ1n) is 6.04. The van der Waals surface area contributed by atoms with E-state index in [9.17, 15) is 0 Å². The summed E-state index contributed by atoms with van der Waals surface area (Å²) in [5.74, 6) is 1.64. The Bertz CT molecular complexity index is 337. The van der Waals surface area contributed by atoms with Crippen molar-refractivity contribution < 1.29 is 0 Å². The van der Waals surface area contributed by atoms with E-state index in [1.54, 1.807) is 11.3 Å². The Morgan fingerprint density at radius 2 is 2.31 bits per heavy atom. The summed E-state index contributed by atoms with van der Waals surface area (Å²) < 4.78 is 0. The standard InChI is InChI=1S/C12H21N3S/c1-9-4-5-15(7-10(9)2)12-14-11(6-13-3)8-16-12/h8-10,13H,4-7H2,1-3H3. The molecule has 0 aromatic carbocycles. The normalized spacial score (nSPS) is 26.1. The van der Waals surface area contributed by atoms with Crippen molar-refractivity contribution in [3.63, 3.8) is 0 Å². The van der Waals surface area contributed by atoms with Gasteiger partial charge in [0, 0.05) is 25.0 Å². The lowest BCUT2D eigenvalue weighted by Gasteiger charge is -2.35. The van der Waals surface area contributed by atoms with Gasteiger partial charge < -0.3 is 10.2 Å². The number of aromatic nitrogens is 1. The first kappa shape index (κ1) is 11.9. The van der Waals surface area contributed by atoms with Crippen LogP contribution in [-0.2, 0) is 6.54 Å². The Labute approximate surface area is 102 Å². The van der Waals surface area contributed by atoms with E-state index in [0.717, 1.165) is 37.2 Å². The molecule has 1 aromatic heterocycles. The Morgan fingerprint density at radius 3 is 3.00 bits per heavy atom. The Kier molecular flexibility index (Phi) is 3.82. The number of hydrogen-bond donors (Lipinski definition) is 1. The SMILES string of the molecule is CNCc1csc(N2CCC(C)C(C)C2)n1. The van der Waals surface area contributed by atoms with E-state index in [1.165, 1.54) is 11.6 Å². The number of hydrogen-bond acceptors (Lipinski definition) is 4. The molecule has 0 bridgehead atoms. The van der Waals surface area contributed by atoms with Crippen LogP contribution in [0.25, 0.3) is 0 Å². The minimum absolute atomic E-state index is 0.783. The van der Waals surface area contributed by atoms with Crippen molar-refractivity contribution in [2.75, 3.05) is 25.0 Å². The van der Waals surface area contributed by atoms with Gasteiger partial charge >= 0.3 is 0 Å². The van der Waals surface area contributed by atoms with Gasteiger partial charge in [-0.25, -0.2) is 4.98 Å². The van der Waals surface area contributed by atoms with E-state index in [0.29, 0.717) is 0 Å². The summed E-state index contributed by atoms with van der Waals surface area (Å²) in [5, 5.41) is 6.50. The van der Waals surface area contributed by atoms with Crippen molar-refractivity contribution in [3.8, 4) is 0 Å². The fraction of sp³-hybridized carbons (Fsp3) is 0.750. The van der Waals surface area contributed by atoms with Gasteiger partial charge in [0.15, 0.2) is 5.13 Å². The zero-order valence-electron chi connectivity index (χ0n) is 10.4. The van der Waals surface area contributed by atoms with E-state index in [-0.39, 0.29) is 0 Å². The highest BCUT2D eigenvalue weighted by Crippen LogP contribution is 2.28. The van der Waals surface area contributed by atoms with Crippen molar-refractivity contribution in [2.45, 2.75) is 26.8 Å². The van der Waals surface area contributed by atoms with Gasteiger partial charge in [-0.05, 0) is 25.3 Å². The third-order valence-electron chi connectivity index (χ3n) is 3.50. The van der Waals surface area contributed by atoms with E-state index >= 15 is 0 Å². The van der Waals surface area contributed by atoms with Crippen LogP contribution >= 0.6 is 11.3 Å². The molecule has 1 aromatic rings. The minimum Gasteiger partial charge on any atom is -0.348 e. The lowest BCUT2D eigenvalue weighted by molar-refractivity contribution is 0.323. The van der Waals surface area contributed by atoms with Crippen molar-refractivity contribution in [3.05, 3.63) is 11.1 Å². The quantitative estimate of drug-likeness (QED) is 0.877. The number of piperidine rings is 1. The van der Waals surface area contributed by atoms with Gasteiger partial charge in [-0.15, -0.1) is 11.3 Å². The fourth-order valence-corrected chi connectivity index (χ4v) is 3.00. The largest absolute Gasteiger partial charge is 0.348 e. The Balaban J connectivity index is 2.01. The summed E-state index contributed by atoms with van der Waals surface area (Å²) in [6, 6.07) is 0. The zero-order chi connectivity index (χ0) is 11.5. The molecule has 1 aliphatic rings. The molecule has 2 rings (SSSR count). The molecule has 0 aliphatic carbocycles. The van der Waals surface area contributed by atoms with E-state index in [4.69, 9.17) is 0 Å². The lowest BCUT2D eigenvalue weighted by Crippen LogP contribution is -2.38. The number of rotatable bonds is 3. The molecule has 1 saturated heterocycles. The van der Waals surface area contributed by atoms with Gasteiger partial charge in [0.1, 0.15) is 0 Å². The molecule has 16 heavy (non-hydrogen) atoms. The van der Waals surface area contributed by atoms with Crippen LogP contribution in [0.2, 0.25) is 0 Å². The number of nitrogens with zero attached hydrogens (tertiary/aromatic N) is 2. The molecule has 2 unspecified atom stereocenters. The molecule has 2 atom stereocenters. The third kappa shape index (κ3) is 2.55. The van der Waals surface area contributed by atoms with Crippen molar-refractivity contribution in [1.82, 2.24) is 10.3 Å². The predicted molar refractivity (Wildman–Crippen MR) is 70.0 cm³/mol. The second-order valence-electron chi connectivity index (χ2n) is 4.84. The molecule has 1 aliphatic heterocycles. The van der Waals surface area contributed by atoms with Crippen LogP contribution in [0, 0.1) is 11.8 Å². The second-order valence-corrected chi connectivity index (χ2v) is 5.68. The van der Waals surface area contributed by atoms with Crippen molar-refractivity contribution in [2.24, 2.45) is 11.8 Å². The highest BCUT2D eigenvalue weighted by atomic mass is 32.1. The Morgan fingerprint density at radius 1 is 1.50 bits per heavy atom. The number of anilines is 1. The molecule has 4 heteroatoms. The molecule has 1 fully saturated rings. The molecule has 0 saturated carbocycles. The van der Waals surface area contributed by atoms with E-state index < -0.39 is 0 Å². The molecule has 0 radical (unpaired) electrons. The maximum atomic E-state index is 4.67. The summed E-state index contributed by atoms with van der Waals surface area (Å²) >= 11 is 1.77. The molecule has 2 heterocycles. The van der Waals surface area contributed by atoms with Crippen LogP contribution in [0.15, 0.2) is 5.38 Å². The maximum Gasteiger partial charge on any atom is 0.185 e. The van der Waals surface area contributed by atoms with Gasteiger partial charge in [-0.3, -0.25) is 0 Å². The fourth-order valence-electron chi connectivity index (χ4n) is 2.14. The summed E-state index contributed by atoms with van der Waals surface area (Å²) in [6.45, 7) is 7.90. The summed E-state index contributed by atoms with van der Waals surface area (Å²) in [7, 11) is 1.96. The average molecular weight is 239 g/mol. The van der Waals surface area contributed by atoms with Gasteiger partial charge in [-0.1, -0.05) is 13.8 Å². The molecular formula is C12H21N3S. The summed E-state index contributed by atoms with van der Waals surface area (Å²) in [6.07, 6.45) is 1.29. The van der Waals surface area contributed by atoms with Crippen LogP contribution in [0.3, 0.4) is 0 Å². The highest BCUT2D eigenvalue weighted by Gasteiger charge is 2.24. The molecular weight excluding hydrogens is 218 g/mol. The molecule has 3 nitrogen and oxygen atoms in total. The highest BCUT2D eigenvalue weighted by molar-refractivity contribution is 7.13. The van der Waals surface area contributed by atoms with E-state index in [2.05, 4.69) is 34.4 Å². The molecule has 0 amide bonds. The van der Waals surface area contributed by atoms with Crippen molar-refractivity contribution in [1.29, 1.82) is 0 Å². The predicted octanol–water partition coefficient (Wildman–Crippen LogP) is 2.34. The van der Waals surface area contributed by atoms with Crippen molar-refractivity contribution >= 4 is 16.5 Å². The van der Waals surface area contributed by atoms with Crippen LogP contribution in [0.4, 0.5) is 5.13 Å². The molecule has 1 N–H and O–H groups in total. The van der Waals surface area contributed by atoms with Gasteiger partial charge in [-0.2, -0.15) is 0 Å². The summed E-state index contributed by atoms with van der Waals surface area (Å²) in [5.41, 5.74) is 1.16.